The first-order chi connectivity index (χ1) is 10.6. The second kappa shape index (κ2) is 7.77. The number of hydrogen-bond acceptors (Lipinski definition) is 4. The highest BCUT2D eigenvalue weighted by molar-refractivity contribution is 6.34. The van der Waals surface area contributed by atoms with E-state index in [-0.39, 0.29) is 18.3 Å². The fourth-order valence-electron chi connectivity index (χ4n) is 2.58. The highest BCUT2D eigenvalue weighted by Crippen LogP contribution is 2.23. The van der Waals surface area contributed by atoms with Crippen molar-refractivity contribution in [1.29, 1.82) is 0 Å². The molecule has 0 saturated carbocycles. The largest absolute Gasteiger partial charge is 0.317 e. The molecule has 6 nitrogen and oxygen atoms in total. The molecule has 0 atom stereocenters. The summed E-state index contributed by atoms with van der Waals surface area (Å²) in [6, 6.07) is 6.93. The molecule has 1 aromatic heterocycles. The van der Waals surface area contributed by atoms with E-state index in [1.807, 2.05) is 0 Å². The van der Waals surface area contributed by atoms with E-state index in [2.05, 4.69) is 20.7 Å². The number of piperidine rings is 1. The van der Waals surface area contributed by atoms with Crippen molar-refractivity contribution in [3.8, 4) is 0 Å². The molecule has 2 aromatic rings. The lowest BCUT2D eigenvalue weighted by Crippen LogP contribution is -2.27. The standard InChI is InChI=1S/C15H18ClN5O.ClH/c1-21-15(18-13(20-21)10-6-8-17-9-7-10)19-14(22)11-4-2-3-5-12(11)16;/h2-5,10,17H,6-9H2,1H3,(H,18,19,20,22);1H. The van der Waals surface area contributed by atoms with Gasteiger partial charge in [0, 0.05) is 13.0 Å². The summed E-state index contributed by atoms with van der Waals surface area (Å²) in [4.78, 5) is 16.8. The van der Waals surface area contributed by atoms with Gasteiger partial charge in [0.2, 0.25) is 5.95 Å². The van der Waals surface area contributed by atoms with Crippen molar-refractivity contribution < 1.29 is 4.79 Å². The Morgan fingerprint density at radius 1 is 1.35 bits per heavy atom. The van der Waals surface area contributed by atoms with Crippen LogP contribution in [-0.2, 0) is 7.05 Å². The molecule has 0 bridgehead atoms. The van der Waals surface area contributed by atoms with Gasteiger partial charge in [-0.1, -0.05) is 23.7 Å². The third kappa shape index (κ3) is 4.02. The zero-order valence-corrected chi connectivity index (χ0v) is 14.3. The van der Waals surface area contributed by atoms with Crippen LogP contribution in [0.15, 0.2) is 24.3 Å². The van der Waals surface area contributed by atoms with Crippen LogP contribution in [0.1, 0.15) is 34.9 Å². The molecule has 1 amide bonds. The molecular formula is C15H19Cl2N5O. The van der Waals surface area contributed by atoms with E-state index in [0.29, 0.717) is 22.5 Å². The van der Waals surface area contributed by atoms with Crippen LogP contribution in [0.5, 0.6) is 0 Å². The molecule has 124 valence electrons. The lowest BCUT2D eigenvalue weighted by molar-refractivity contribution is 0.102. The Hall–Kier alpha value is -1.63. The van der Waals surface area contributed by atoms with Gasteiger partial charge in [-0.25, -0.2) is 4.68 Å². The Morgan fingerprint density at radius 2 is 2.04 bits per heavy atom. The maximum absolute atomic E-state index is 12.3. The van der Waals surface area contributed by atoms with E-state index in [0.717, 1.165) is 31.8 Å². The predicted molar refractivity (Wildman–Crippen MR) is 92.5 cm³/mol. The van der Waals surface area contributed by atoms with E-state index in [4.69, 9.17) is 11.6 Å². The molecule has 0 radical (unpaired) electrons. The molecule has 1 aromatic carbocycles. The van der Waals surface area contributed by atoms with Gasteiger partial charge in [-0.2, -0.15) is 10.1 Å². The second-order valence-electron chi connectivity index (χ2n) is 5.38. The van der Waals surface area contributed by atoms with E-state index in [1.165, 1.54) is 0 Å². The van der Waals surface area contributed by atoms with Gasteiger partial charge in [0.05, 0.1) is 10.6 Å². The summed E-state index contributed by atoms with van der Waals surface area (Å²) in [6.07, 6.45) is 2.03. The molecule has 23 heavy (non-hydrogen) atoms. The Bertz CT molecular complexity index is 682. The lowest BCUT2D eigenvalue weighted by Gasteiger charge is -2.19. The topological polar surface area (TPSA) is 71.8 Å². The van der Waals surface area contributed by atoms with Gasteiger partial charge in [0.25, 0.3) is 5.91 Å². The van der Waals surface area contributed by atoms with Gasteiger partial charge >= 0.3 is 0 Å². The predicted octanol–water partition coefficient (Wildman–Crippen LogP) is 2.61. The molecule has 3 rings (SSSR count). The normalized spacial score (nSPS) is 15.0. The van der Waals surface area contributed by atoms with Crippen molar-refractivity contribution in [2.75, 3.05) is 18.4 Å². The summed E-state index contributed by atoms with van der Waals surface area (Å²) < 4.78 is 1.60. The number of carbonyl (C=O) groups is 1. The Morgan fingerprint density at radius 3 is 2.74 bits per heavy atom. The number of aryl methyl sites for hydroxylation is 1. The Balaban J connectivity index is 0.00000192. The van der Waals surface area contributed by atoms with Gasteiger partial charge in [-0.3, -0.25) is 10.1 Å². The van der Waals surface area contributed by atoms with Crippen molar-refractivity contribution in [3.05, 3.63) is 40.7 Å². The zero-order chi connectivity index (χ0) is 15.5. The summed E-state index contributed by atoms with van der Waals surface area (Å²) >= 11 is 6.04. The minimum Gasteiger partial charge on any atom is -0.317 e. The van der Waals surface area contributed by atoms with Crippen molar-refractivity contribution in [2.45, 2.75) is 18.8 Å². The first-order valence-corrected chi connectivity index (χ1v) is 7.70. The van der Waals surface area contributed by atoms with Crippen LogP contribution in [0.3, 0.4) is 0 Å². The van der Waals surface area contributed by atoms with E-state index < -0.39 is 0 Å². The Labute approximate surface area is 146 Å². The van der Waals surface area contributed by atoms with Crippen LogP contribution in [0.4, 0.5) is 5.95 Å². The number of nitrogens with one attached hydrogen (secondary N) is 2. The van der Waals surface area contributed by atoms with Crippen LogP contribution in [-0.4, -0.2) is 33.8 Å². The number of carbonyl (C=O) groups excluding carboxylic acids is 1. The minimum absolute atomic E-state index is 0. The van der Waals surface area contributed by atoms with Gasteiger partial charge < -0.3 is 5.32 Å². The average Bonchev–Trinajstić information content (AvgIpc) is 2.89. The molecule has 1 saturated heterocycles. The molecule has 1 aliphatic heterocycles. The van der Waals surface area contributed by atoms with Crippen LogP contribution in [0.25, 0.3) is 0 Å². The number of nitrogens with zero attached hydrogens (tertiary/aromatic N) is 3. The first-order valence-electron chi connectivity index (χ1n) is 7.32. The number of aromatic nitrogens is 3. The van der Waals surface area contributed by atoms with Gasteiger partial charge in [-0.15, -0.1) is 12.4 Å². The number of amides is 1. The second-order valence-corrected chi connectivity index (χ2v) is 5.78. The number of anilines is 1. The summed E-state index contributed by atoms with van der Waals surface area (Å²) in [5.41, 5.74) is 0.426. The molecule has 8 heteroatoms. The number of hydrogen-bond donors (Lipinski definition) is 2. The van der Waals surface area contributed by atoms with Crippen molar-refractivity contribution >= 4 is 35.9 Å². The maximum Gasteiger partial charge on any atom is 0.259 e. The van der Waals surface area contributed by atoms with Crippen LogP contribution in [0.2, 0.25) is 5.02 Å². The fraction of sp³-hybridized carbons (Fsp3) is 0.400. The van der Waals surface area contributed by atoms with Crippen LogP contribution in [0, 0.1) is 0 Å². The van der Waals surface area contributed by atoms with Gasteiger partial charge in [-0.05, 0) is 38.1 Å². The zero-order valence-electron chi connectivity index (χ0n) is 12.8. The van der Waals surface area contributed by atoms with E-state index in [1.54, 1.807) is 36.0 Å². The summed E-state index contributed by atoms with van der Waals surface area (Å²) in [7, 11) is 1.78. The molecule has 2 N–H and O–H groups in total. The molecule has 0 aliphatic carbocycles. The van der Waals surface area contributed by atoms with E-state index >= 15 is 0 Å². The lowest BCUT2D eigenvalue weighted by atomic mass is 9.98. The highest BCUT2D eigenvalue weighted by atomic mass is 35.5. The summed E-state index contributed by atoms with van der Waals surface area (Å²) in [6.45, 7) is 1.95. The molecule has 1 fully saturated rings. The third-order valence-corrected chi connectivity index (χ3v) is 4.16. The smallest absolute Gasteiger partial charge is 0.259 e. The van der Waals surface area contributed by atoms with Crippen LogP contribution >= 0.6 is 24.0 Å². The van der Waals surface area contributed by atoms with Gasteiger partial charge in [0.1, 0.15) is 0 Å². The molecule has 0 unspecified atom stereocenters. The monoisotopic (exact) mass is 355 g/mol. The van der Waals surface area contributed by atoms with Crippen molar-refractivity contribution in [3.63, 3.8) is 0 Å². The average molecular weight is 356 g/mol. The number of rotatable bonds is 3. The molecular weight excluding hydrogens is 337 g/mol. The number of benzene rings is 1. The third-order valence-electron chi connectivity index (χ3n) is 3.83. The van der Waals surface area contributed by atoms with Crippen LogP contribution < -0.4 is 10.6 Å². The first kappa shape index (κ1) is 17.7. The van der Waals surface area contributed by atoms with Gasteiger partial charge in [0.15, 0.2) is 5.82 Å². The van der Waals surface area contributed by atoms with Crippen molar-refractivity contribution in [2.24, 2.45) is 7.05 Å². The van der Waals surface area contributed by atoms with E-state index in [9.17, 15) is 4.79 Å². The van der Waals surface area contributed by atoms with Crippen molar-refractivity contribution in [1.82, 2.24) is 20.1 Å². The summed E-state index contributed by atoms with van der Waals surface area (Å²) in [5.74, 6) is 1.30. The molecule has 1 aliphatic rings. The fourth-order valence-corrected chi connectivity index (χ4v) is 2.80. The highest BCUT2D eigenvalue weighted by Gasteiger charge is 2.21. The number of halogens is 2. The SMILES string of the molecule is Cl.Cn1nc(C2CCNCC2)nc1NC(=O)c1ccccc1Cl. The molecule has 2 heterocycles. The Kier molecular flexibility index (Phi) is 5.98. The minimum atomic E-state index is -0.280. The quantitative estimate of drug-likeness (QED) is 0.887. The maximum atomic E-state index is 12.3. The summed E-state index contributed by atoms with van der Waals surface area (Å²) in [5, 5.41) is 10.9. The molecule has 0 spiro atoms.